The Morgan fingerprint density at radius 3 is 2.54 bits per heavy atom. The van der Waals surface area contributed by atoms with Gasteiger partial charge in [0.15, 0.2) is 0 Å². The first-order valence-corrected chi connectivity index (χ1v) is 9.56. The minimum absolute atomic E-state index is 0.148. The van der Waals surface area contributed by atoms with Gasteiger partial charge < -0.3 is 14.8 Å². The topological polar surface area (TPSA) is 65.7 Å². The van der Waals surface area contributed by atoms with E-state index in [0.29, 0.717) is 40.0 Å². The van der Waals surface area contributed by atoms with Gasteiger partial charge in [-0.05, 0) is 62.3 Å². The zero-order valence-corrected chi connectivity index (χ0v) is 15.8. The number of halogens is 1. The van der Waals surface area contributed by atoms with Crippen molar-refractivity contribution in [1.82, 2.24) is 10.2 Å². The third-order valence-corrected chi connectivity index (χ3v) is 5.33. The number of hydrogen-bond donors (Lipinski definition) is 2. The molecule has 0 aliphatic carbocycles. The van der Waals surface area contributed by atoms with E-state index in [2.05, 4.69) is 10.2 Å². The summed E-state index contributed by atoms with van der Waals surface area (Å²) in [5, 5.41) is 13.9. The number of amides is 1. The number of likely N-dealkylation sites (tertiary alicyclic amines) is 1. The molecule has 2 heterocycles. The summed E-state index contributed by atoms with van der Waals surface area (Å²) in [6, 6.07) is 9.12. The molecule has 0 radical (unpaired) electrons. The Hall–Kier alpha value is -2.86. The number of carbonyl (C=O) groups is 1. The molecule has 0 saturated carbocycles. The highest BCUT2D eigenvalue weighted by Crippen LogP contribution is 2.39. The van der Waals surface area contributed by atoms with Crippen molar-refractivity contribution < 1.29 is 18.7 Å². The number of piperidine rings is 1. The molecule has 1 aromatic heterocycles. The number of carbonyl (C=O) groups excluding carboxylic acids is 1. The number of furan rings is 1. The predicted octanol–water partition coefficient (Wildman–Crippen LogP) is 4.29. The quantitative estimate of drug-likeness (QED) is 0.706. The van der Waals surface area contributed by atoms with Crippen LogP contribution in [0.2, 0.25) is 0 Å². The molecule has 28 heavy (non-hydrogen) atoms. The minimum atomic E-state index is -0.357. The van der Waals surface area contributed by atoms with Crippen LogP contribution in [-0.2, 0) is 6.54 Å². The normalized spacial score (nSPS) is 15.1. The zero-order chi connectivity index (χ0) is 19.7. The molecule has 0 bridgehead atoms. The maximum Gasteiger partial charge on any atom is 0.255 e. The maximum atomic E-state index is 13.4. The molecule has 1 amide bonds. The third-order valence-electron chi connectivity index (χ3n) is 5.33. The number of nitrogens with one attached hydrogen (secondary N) is 1. The highest BCUT2D eigenvalue weighted by Gasteiger charge is 2.26. The van der Waals surface area contributed by atoms with E-state index in [-0.39, 0.29) is 17.5 Å². The lowest BCUT2D eigenvalue weighted by molar-refractivity contribution is 0.0964. The molecule has 2 aromatic carbocycles. The molecule has 1 aliphatic heterocycles. The molecular formula is C22H23FN2O3. The van der Waals surface area contributed by atoms with Crippen LogP contribution in [0.25, 0.3) is 22.3 Å². The van der Waals surface area contributed by atoms with E-state index in [1.807, 2.05) is 0 Å². The van der Waals surface area contributed by atoms with Gasteiger partial charge in [-0.3, -0.25) is 9.69 Å². The van der Waals surface area contributed by atoms with E-state index in [1.165, 1.54) is 18.6 Å². The van der Waals surface area contributed by atoms with Gasteiger partial charge in [-0.2, -0.15) is 0 Å². The molecule has 0 unspecified atom stereocenters. The number of aromatic hydroxyl groups is 1. The molecule has 0 spiro atoms. The summed E-state index contributed by atoms with van der Waals surface area (Å²) in [5.41, 5.74) is 2.20. The van der Waals surface area contributed by atoms with Gasteiger partial charge in [0.1, 0.15) is 22.9 Å². The van der Waals surface area contributed by atoms with Crippen molar-refractivity contribution in [3.63, 3.8) is 0 Å². The zero-order valence-electron chi connectivity index (χ0n) is 15.8. The van der Waals surface area contributed by atoms with Crippen molar-refractivity contribution in [3.05, 3.63) is 53.3 Å². The van der Waals surface area contributed by atoms with Gasteiger partial charge >= 0.3 is 0 Å². The second kappa shape index (κ2) is 7.64. The largest absolute Gasteiger partial charge is 0.508 e. The number of nitrogens with zero attached hydrogens (tertiary/aromatic N) is 1. The van der Waals surface area contributed by atoms with E-state index in [4.69, 9.17) is 4.42 Å². The van der Waals surface area contributed by atoms with Crippen LogP contribution in [-0.4, -0.2) is 36.1 Å². The predicted molar refractivity (Wildman–Crippen MR) is 106 cm³/mol. The highest BCUT2D eigenvalue weighted by atomic mass is 19.1. The van der Waals surface area contributed by atoms with Crippen LogP contribution >= 0.6 is 0 Å². The lowest BCUT2D eigenvalue weighted by Crippen LogP contribution is -2.29. The maximum absolute atomic E-state index is 13.4. The molecule has 0 atom stereocenters. The SMILES string of the molecule is CNC(=O)c1c(-c2ccc(F)cc2)oc2ccc(O)c(CN3CCCCC3)c12. The molecular weight excluding hydrogens is 359 g/mol. The number of hydrogen-bond acceptors (Lipinski definition) is 4. The smallest absolute Gasteiger partial charge is 0.255 e. The lowest BCUT2D eigenvalue weighted by Gasteiger charge is -2.27. The highest BCUT2D eigenvalue weighted by molar-refractivity contribution is 6.12. The fraction of sp³-hybridized carbons (Fsp3) is 0.318. The van der Waals surface area contributed by atoms with Crippen molar-refractivity contribution in [2.24, 2.45) is 0 Å². The van der Waals surface area contributed by atoms with Crippen molar-refractivity contribution >= 4 is 16.9 Å². The van der Waals surface area contributed by atoms with Crippen LogP contribution in [0.4, 0.5) is 4.39 Å². The number of fused-ring (bicyclic) bond motifs is 1. The average Bonchev–Trinajstić information content (AvgIpc) is 3.11. The third kappa shape index (κ3) is 3.36. The van der Waals surface area contributed by atoms with Gasteiger partial charge in [0, 0.05) is 30.1 Å². The first kappa shape index (κ1) is 18.5. The van der Waals surface area contributed by atoms with E-state index in [0.717, 1.165) is 25.9 Å². The minimum Gasteiger partial charge on any atom is -0.508 e. The van der Waals surface area contributed by atoms with Crippen molar-refractivity contribution in [1.29, 1.82) is 0 Å². The number of benzene rings is 2. The first-order chi connectivity index (χ1) is 13.6. The summed E-state index contributed by atoms with van der Waals surface area (Å²) in [6.45, 7) is 2.48. The first-order valence-electron chi connectivity index (χ1n) is 9.56. The summed E-state index contributed by atoms with van der Waals surface area (Å²) >= 11 is 0. The van der Waals surface area contributed by atoms with Gasteiger partial charge in [-0.25, -0.2) is 4.39 Å². The van der Waals surface area contributed by atoms with E-state index < -0.39 is 0 Å². The Labute approximate surface area is 162 Å². The van der Waals surface area contributed by atoms with E-state index >= 15 is 0 Å². The molecule has 1 fully saturated rings. The fourth-order valence-electron chi connectivity index (χ4n) is 3.90. The fourth-order valence-corrected chi connectivity index (χ4v) is 3.90. The van der Waals surface area contributed by atoms with Crippen LogP contribution in [0.5, 0.6) is 5.75 Å². The second-order valence-corrected chi connectivity index (χ2v) is 7.17. The van der Waals surface area contributed by atoms with E-state index in [9.17, 15) is 14.3 Å². The molecule has 146 valence electrons. The van der Waals surface area contributed by atoms with Gasteiger partial charge in [-0.1, -0.05) is 6.42 Å². The summed E-state index contributed by atoms with van der Waals surface area (Å²) in [4.78, 5) is 15.1. The summed E-state index contributed by atoms with van der Waals surface area (Å²) in [7, 11) is 1.56. The molecule has 5 nitrogen and oxygen atoms in total. The molecule has 1 aliphatic rings. The van der Waals surface area contributed by atoms with Gasteiger partial charge in [-0.15, -0.1) is 0 Å². The Balaban J connectivity index is 1.90. The standard InChI is InChI=1S/C22H23FN2O3/c1-24-22(27)20-19-16(13-25-11-3-2-4-12-25)17(26)9-10-18(19)28-21(20)14-5-7-15(23)8-6-14/h5-10,26H,2-4,11-13H2,1H3,(H,24,27). The number of phenolic OH excluding ortho intramolecular Hbond substituents is 1. The van der Waals surface area contributed by atoms with Crippen LogP contribution in [0.3, 0.4) is 0 Å². The molecule has 1 saturated heterocycles. The number of phenols is 1. The average molecular weight is 382 g/mol. The molecule has 2 N–H and O–H groups in total. The monoisotopic (exact) mass is 382 g/mol. The van der Waals surface area contributed by atoms with Crippen LogP contribution in [0.15, 0.2) is 40.8 Å². The van der Waals surface area contributed by atoms with Gasteiger partial charge in [0.05, 0.1) is 5.56 Å². The summed E-state index contributed by atoms with van der Waals surface area (Å²) < 4.78 is 19.4. The van der Waals surface area contributed by atoms with E-state index in [1.54, 1.807) is 31.3 Å². The van der Waals surface area contributed by atoms with Crippen LogP contribution in [0.1, 0.15) is 35.2 Å². The summed E-state index contributed by atoms with van der Waals surface area (Å²) in [6.07, 6.45) is 3.48. The molecule has 4 rings (SSSR count). The summed E-state index contributed by atoms with van der Waals surface area (Å²) in [5.74, 6) is -0.136. The molecule has 6 heteroatoms. The Bertz CT molecular complexity index is 1000. The van der Waals surface area contributed by atoms with Crippen LogP contribution < -0.4 is 5.32 Å². The van der Waals surface area contributed by atoms with Gasteiger partial charge in [0.2, 0.25) is 0 Å². The van der Waals surface area contributed by atoms with Crippen molar-refractivity contribution in [2.45, 2.75) is 25.8 Å². The Morgan fingerprint density at radius 1 is 1.14 bits per heavy atom. The van der Waals surface area contributed by atoms with Crippen molar-refractivity contribution in [3.8, 4) is 17.1 Å². The Morgan fingerprint density at radius 2 is 1.86 bits per heavy atom. The van der Waals surface area contributed by atoms with Gasteiger partial charge in [0.25, 0.3) is 5.91 Å². The number of rotatable bonds is 4. The lowest BCUT2D eigenvalue weighted by atomic mass is 9.99. The molecule has 3 aromatic rings. The van der Waals surface area contributed by atoms with Crippen LogP contribution in [0, 0.1) is 5.82 Å². The Kier molecular flexibility index (Phi) is 5.05. The second-order valence-electron chi connectivity index (χ2n) is 7.17. The van der Waals surface area contributed by atoms with Crippen molar-refractivity contribution in [2.75, 3.05) is 20.1 Å².